The van der Waals surface area contributed by atoms with Crippen LogP contribution in [0.2, 0.25) is 5.54 Å². The highest BCUT2D eigenvalue weighted by Crippen LogP contribution is 2.34. The molecule has 12 heavy (non-hydrogen) atoms. The first-order chi connectivity index (χ1) is 5.79. The third kappa shape index (κ3) is 1.71. The minimum absolute atomic E-state index is 0.859. The molecular weight excluding hydrogens is 166 g/mol. The van der Waals surface area contributed by atoms with E-state index in [9.17, 15) is 0 Å². The lowest BCUT2D eigenvalue weighted by atomic mass is 10.4. The largest absolute Gasteiger partial charge is 0.316 e. The quantitative estimate of drug-likeness (QED) is 0.562. The van der Waals surface area contributed by atoms with E-state index in [0.717, 1.165) is 5.54 Å². The summed E-state index contributed by atoms with van der Waals surface area (Å²) in [5.74, 6) is 0. The van der Waals surface area contributed by atoms with Crippen molar-refractivity contribution in [2.45, 2.75) is 31.2 Å². The molecule has 4 heteroatoms. The Kier molecular flexibility index (Phi) is 3.70. The van der Waals surface area contributed by atoms with Crippen LogP contribution in [0.5, 0.6) is 0 Å². The third-order valence-corrected chi connectivity index (χ3v) is 7.32. The van der Waals surface area contributed by atoms with E-state index < -0.39 is 8.56 Å². The second kappa shape index (κ2) is 4.37. The molecule has 1 rings (SSSR count). The molecule has 1 aliphatic rings. The zero-order valence-electron chi connectivity index (χ0n) is 8.41. The number of nitrogens with one attached hydrogen (secondary N) is 3. The van der Waals surface area contributed by atoms with E-state index >= 15 is 0 Å². The van der Waals surface area contributed by atoms with Gasteiger partial charge in [0.25, 0.3) is 8.56 Å². The summed E-state index contributed by atoms with van der Waals surface area (Å²) >= 11 is 0. The van der Waals surface area contributed by atoms with Gasteiger partial charge in [0.15, 0.2) is 0 Å². The van der Waals surface area contributed by atoms with Gasteiger partial charge in [-0.25, -0.2) is 0 Å². The van der Waals surface area contributed by atoms with E-state index in [1.54, 1.807) is 0 Å². The average molecular weight is 187 g/mol. The van der Waals surface area contributed by atoms with Crippen molar-refractivity contribution in [3.63, 3.8) is 0 Å². The normalized spacial score (nSPS) is 20.2. The molecule has 1 aliphatic carbocycles. The summed E-state index contributed by atoms with van der Waals surface area (Å²) in [6, 6.07) is 0. The molecule has 3 N–H and O–H groups in total. The van der Waals surface area contributed by atoms with Crippen LogP contribution in [0.4, 0.5) is 0 Å². The fraction of sp³-hybridized carbons (Fsp3) is 1.00. The van der Waals surface area contributed by atoms with E-state index in [-0.39, 0.29) is 0 Å². The maximum Gasteiger partial charge on any atom is 0.283 e. The Balaban J connectivity index is 2.61. The van der Waals surface area contributed by atoms with Crippen LogP contribution in [-0.2, 0) is 0 Å². The van der Waals surface area contributed by atoms with Gasteiger partial charge in [0.05, 0.1) is 0 Å². The van der Waals surface area contributed by atoms with Gasteiger partial charge in [-0.1, -0.05) is 12.8 Å². The predicted molar refractivity (Wildman–Crippen MR) is 55.2 cm³/mol. The van der Waals surface area contributed by atoms with Crippen molar-refractivity contribution in [1.29, 1.82) is 0 Å². The average Bonchev–Trinajstić information content (AvgIpc) is 2.62. The van der Waals surface area contributed by atoms with E-state index in [1.807, 2.05) is 0 Å². The second-order valence-electron chi connectivity index (χ2n) is 3.54. The van der Waals surface area contributed by atoms with Gasteiger partial charge in [0.2, 0.25) is 0 Å². The topological polar surface area (TPSA) is 36.1 Å². The summed E-state index contributed by atoms with van der Waals surface area (Å²) in [6.45, 7) is 0. The Morgan fingerprint density at radius 3 is 1.67 bits per heavy atom. The summed E-state index contributed by atoms with van der Waals surface area (Å²) in [6.07, 6.45) is 5.58. The molecule has 0 radical (unpaired) electrons. The SMILES string of the molecule is CN[Si](NC)(NC)C1CCCC1. The Hall–Kier alpha value is 0.0969. The molecular formula is C8H21N3Si. The first-order valence-electron chi connectivity index (χ1n) is 4.86. The van der Waals surface area contributed by atoms with Crippen LogP contribution >= 0.6 is 0 Å². The molecule has 0 aromatic carbocycles. The van der Waals surface area contributed by atoms with Gasteiger partial charge in [0.1, 0.15) is 0 Å². The van der Waals surface area contributed by atoms with E-state index in [0.29, 0.717) is 0 Å². The Bertz CT molecular complexity index is 122. The van der Waals surface area contributed by atoms with Crippen LogP contribution in [0.25, 0.3) is 0 Å². The van der Waals surface area contributed by atoms with Crippen LogP contribution in [-0.4, -0.2) is 29.7 Å². The number of hydrogen-bond acceptors (Lipinski definition) is 3. The monoisotopic (exact) mass is 187 g/mol. The number of rotatable bonds is 4. The first kappa shape index (κ1) is 10.2. The molecule has 0 aromatic heterocycles. The van der Waals surface area contributed by atoms with Crippen LogP contribution in [0.3, 0.4) is 0 Å². The van der Waals surface area contributed by atoms with Crippen molar-refractivity contribution >= 4 is 8.56 Å². The molecule has 1 fully saturated rings. The molecule has 0 saturated heterocycles. The maximum absolute atomic E-state index is 3.47. The summed E-state index contributed by atoms with van der Waals surface area (Å²) < 4.78 is 0. The van der Waals surface area contributed by atoms with E-state index in [2.05, 4.69) is 36.1 Å². The fourth-order valence-corrected chi connectivity index (χ4v) is 5.60. The van der Waals surface area contributed by atoms with Crippen LogP contribution in [0.15, 0.2) is 0 Å². The molecule has 1 saturated carbocycles. The van der Waals surface area contributed by atoms with Crippen LogP contribution in [0.1, 0.15) is 25.7 Å². The predicted octanol–water partition coefficient (Wildman–Crippen LogP) is 0.528. The minimum Gasteiger partial charge on any atom is -0.316 e. The molecule has 0 atom stereocenters. The second-order valence-corrected chi connectivity index (χ2v) is 7.47. The highest BCUT2D eigenvalue weighted by molar-refractivity contribution is 6.74. The van der Waals surface area contributed by atoms with E-state index in [1.165, 1.54) is 25.7 Å². The van der Waals surface area contributed by atoms with E-state index in [4.69, 9.17) is 0 Å². The molecule has 0 aliphatic heterocycles. The first-order valence-corrected chi connectivity index (χ1v) is 6.93. The summed E-state index contributed by atoms with van der Waals surface area (Å²) in [5, 5.41) is 0. The Labute approximate surface area is 76.6 Å². The van der Waals surface area contributed by atoms with Gasteiger partial charge in [-0.05, 0) is 39.5 Å². The lowest BCUT2D eigenvalue weighted by Crippen LogP contribution is -2.71. The van der Waals surface area contributed by atoms with Gasteiger partial charge in [-0.15, -0.1) is 0 Å². The molecule has 3 nitrogen and oxygen atoms in total. The molecule has 0 spiro atoms. The van der Waals surface area contributed by atoms with Gasteiger partial charge in [-0.3, -0.25) is 0 Å². The number of hydrogen-bond donors (Lipinski definition) is 3. The van der Waals surface area contributed by atoms with Gasteiger partial charge in [-0.2, -0.15) is 0 Å². The van der Waals surface area contributed by atoms with Crippen molar-refractivity contribution in [1.82, 2.24) is 14.9 Å². The van der Waals surface area contributed by atoms with Crippen LogP contribution in [0, 0.1) is 0 Å². The summed E-state index contributed by atoms with van der Waals surface area (Å²) in [5.41, 5.74) is 0.859. The summed E-state index contributed by atoms with van der Waals surface area (Å²) in [7, 11) is 4.67. The zero-order valence-corrected chi connectivity index (χ0v) is 9.41. The van der Waals surface area contributed by atoms with Crippen LogP contribution < -0.4 is 14.9 Å². The lowest BCUT2D eigenvalue weighted by molar-refractivity contribution is 0.734. The Morgan fingerprint density at radius 2 is 1.33 bits per heavy atom. The highest BCUT2D eigenvalue weighted by atomic mass is 28.4. The molecule has 0 unspecified atom stereocenters. The van der Waals surface area contributed by atoms with Crippen molar-refractivity contribution in [3.8, 4) is 0 Å². The summed E-state index contributed by atoms with van der Waals surface area (Å²) in [4.78, 5) is 10.4. The molecule has 0 heterocycles. The van der Waals surface area contributed by atoms with Gasteiger partial charge in [0, 0.05) is 0 Å². The standard InChI is InChI=1S/C8H21N3Si/c1-9-12(10-2,11-3)8-6-4-5-7-8/h8-11H,4-7H2,1-3H3. The van der Waals surface area contributed by atoms with Crippen molar-refractivity contribution in [2.75, 3.05) is 21.1 Å². The van der Waals surface area contributed by atoms with Crippen molar-refractivity contribution in [2.24, 2.45) is 0 Å². The third-order valence-electron chi connectivity index (χ3n) is 3.15. The van der Waals surface area contributed by atoms with Crippen molar-refractivity contribution in [3.05, 3.63) is 0 Å². The zero-order chi connectivity index (χ0) is 9.03. The Morgan fingerprint density at radius 1 is 0.917 bits per heavy atom. The fourth-order valence-electron chi connectivity index (χ4n) is 2.35. The highest BCUT2D eigenvalue weighted by Gasteiger charge is 2.40. The molecule has 0 bridgehead atoms. The molecule has 72 valence electrons. The lowest BCUT2D eigenvalue weighted by Gasteiger charge is -2.34. The van der Waals surface area contributed by atoms with Gasteiger partial charge < -0.3 is 14.9 Å². The van der Waals surface area contributed by atoms with Crippen molar-refractivity contribution < 1.29 is 0 Å². The van der Waals surface area contributed by atoms with Gasteiger partial charge >= 0.3 is 0 Å². The molecule has 0 aromatic rings. The minimum atomic E-state index is -1.53. The molecule has 0 amide bonds. The smallest absolute Gasteiger partial charge is 0.283 e. The maximum atomic E-state index is 3.47.